The molecule has 1 aromatic carbocycles. The molecule has 1 aromatic rings. The highest BCUT2D eigenvalue weighted by Crippen LogP contribution is 2.42. The lowest BCUT2D eigenvalue weighted by atomic mass is 9.70. The Labute approximate surface area is 146 Å². The Bertz CT molecular complexity index is 767. The van der Waals surface area contributed by atoms with Crippen LogP contribution in [-0.2, 0) is 19.1 Å². The molecule has 0 bridgehead atoms. The van der Waals surface area contributed by atoms with Crippen LogP contribution in [0.2, 0.25) is 0 Å². The lowest BCUT2D eigenvalue weighted by molar-refractivity contribution is -0.151. The van der Waals surface area contributed by atoms with Crippen molar-refractivity contribution in [2.24, 2.45) is 11.8 Å². The zero-order chi connectivity index (χ0) is 18.1. The van der Waals surface area contributed by atoms with Crippen LogP contribution in [0.5, 0.6) is 5.75 Å². The van der Waals surface area contributed by atoms with E-state index in [2.05, 4.69) is 5.32 Å². The fourth-order valence-electron chi connectivity index (χ4n) is 3.74. The Morgan fingerprint density at radius 3 is 2.64 bits per heavy atom. The Balaban J connectivity index is 2.07. The average molecular weight is 343 g/mol. The van der Waals surface area contributed by atoms with E-state index >= 15 is 0 Å². The third kappa shape index (κ3) is 3.04. The number of esters is 1. The van der Waals surface area contributed by atoms with Gasteiger partial charge < -0.3 is 14.8 Å². The van der Waals surface area contributed by atoms with Crippen LogP contribution in [-0.4, -0.2) is 31.9 Å². The first-order valence-electron chi connectivity index (χ1n) is 8.25. The van der Waals surface area contributed by atoms with Gasteiger partial charge in [0.05, 0.1) is 14.2 Å². The molecular formula is C19H21NO5. The highest BCUT2D eigenvalue weighted by atomic mass is 16.5. The van der Waals surface area contributed by atoms with Crippen molar-refractivity contribution in [3.05, 3.63) is 41.1 Å². The number of ether oxygens (including phenoxy) is 2. The molecule has 3 rings (SSSR count). The Kier molecular flexibility index (Phi) is 4.61. The van der Waals surface area contributed by atoms with Gasteiger partial charge in [-0.2, -0.15) is 0 Å². The normalized spacial score (nSPS) is 26.0. The van der Waals surface area contributed by atoms with Gasteiger partial charge in [0.15, 0.2) is 5.78 Å². The van der Waals surface area contributed by atoms with Gasteiger partial charge in [0.1, 0.15) is 11.7 Å². The molecule has 3 atom stereocenters. The number of rotatable bonds is 3. The molecule has 1 aliphatic carbocycles. The monoisotopic (exact) mass is 343 g/mol. The number of methoxy groups -OCH3 is 2. The number of carbonyl (C=O) groups is 3. The number of benzene rings is 1. The number of hydrogen-bond donors (Lipinski definition) is 1. The highest BCUT2D eigenvalue weighted by Gasteiger charge is 2.45. The fraction of sp³-hybridized carbons (Fsp3) is 0.421. The lowest BCUT2D eigenvalue weighted by Crippen LogP contribution is -2.44. The second-order valence-electron chi connectivity index (χ2n) is 6.52. The number of amides is 1. The first kappa shape index (κ1) is 17.2. The fourth-order valence-corrected chi connectivity index (χ4v) is 3.74. The molecule has 0 saturated carbocycles. The maximum atomic E-state index is 13.1. The van der Waals surface area contributed by atoms with Gasteiger partial charge >= 0.3 is 5.97 Å². The average Bonchev–Trinajstić information content (AvgIpc) is 2.60. The number of nitrogens with one attached hydrogen (secondary N) is 1. The molecule has 1 N–H and O–H groups in total. The van der Waals surface area contributed by atoms with Gasteiger partial charge in [0, 0.05) is 23.6 Å². The number of hydrogen-bond acceptors (Lipinski definition) is 5. The third-order valence-electron chi connectivity index (χ3n) is 4.95. The van der Waals surface area contributed by atoms with Gasteiger partial charge in [-0.05, 0) is 30.0 Å². The van der Waals surface area contributed by atoms with Gasteiger partial charge in [-0.3, -0.25) is 14.4 Å². The Morgan fingerprint density at radius 2 is 1.96 bits per heavy atom. The molecule has 132 valence electrons. The van der Waals surface area contributed by atoms with E-state index in [1.54, 1.807) is 7.11 Å². The summed E-state index contributed by atoms with van der Waals surface area (Å²) in [5, 5.41) is 2.82. The molecule has 2 aliphatic rings. The van der Waals surface area contributed by atoms with Crippen molar-refractivity contribution in [1.29, 1.82) is 0 Å². The van der Waals surface area contributed by atoms with Gasteiger partial charge in [0.25, 0.3) is 0 Å². The minimum absolute atomic E-state index is 0.122. The van der Waals surface area contributed by atoms with Gasteiger partial charge in [-0.25, -0.2) is 0 Å². The van der Waals surface area contributed by atoms with Crippen LogP contribution in [0.4, 0.5) is 0 Å². The zero-order valence-corrected chi connectivity index (χ0v) is 14.5. The molecular weight excluding hydrogens is 322 g/mol. The van der Waals surface area contributed by atoms with Crippen molar-refractivity contribution in [2.45, 2.75) is 25.7 Å². The predicted molar refractivity (Wildman–Crippen MR) is 89.8 cm³/mol. The predicted octanol–water partition coefficient (Wildman–Crippen LogP) is 1.95. The molecule has 1 heterocycles. The molecule has 0 spiro atoms. The molecule has 1 aliphatic heterocycles. The van der Waals surface area contributed by atoms with Crippen LogP contribution in [0.15, 0.2) is 35.5 Å². The summed E-state index contributed by atoms with van der Waals surface area (Å²) in [5.41, 5.74) is 1.97. The van der Waals surface area contributed by atoms with E-state index in [-0.39, 0.29) is 29.9 Å². The van der Waals surface area contributed by atoms with E-state index in [1.165, 1.54) is 7.11 Å². The maximum Gasteiger partial charge on any atom is 0.316 e. The summed E-state index contributed by atoms with van der Waals surface area (Å²) in [6.07, 6.45) is 0.632. The molecule has 0 aromatic heterocycles. The summed E-state index contributed by atoms with van der Waals surface area (Å²) < 4.78 is 10.1. The van der Waals surface area contributed by atoms with Crippen molar-refractivity contribution < 1.29 is 23.9 Å². The van der Waals surface area contributed by atoms with Crippen molar-refractivity contribution in [2.75, 3.05) is 14.2 Å². The van der Waals surface area contributed by atoms with Gasteiger partial charge in [-0.15, -0.1) is 0 Å². The Hall–Kier alpha value is -2.63. The quantitative estimate of drug-likeness (QED) is 0.670. The van der Waals surface area contributed by atoms with Gasteiger partial charge in [-0.1, -0.05) is 19.1 Å². The number of carbonyl (C=O) groups excluding carboxylic acids is 3. The van der Waals surface area contributed by atoms with E-state index in [4.69, 9.17) is 9.47 Å². The molecule has 6 heteroatoms. The van der Waals surface area contributed by atoms with Crippen LogP contribution in [0, 0.1) is 11.8 Å². The molecule has 0 saturated heterocycles. The number of Topliss-reactive ketones (excluding diaryl/α,β-unsaturated/α-hetero) is 1. The number of ketones is 1. The SMILES string of the molecule is COC(=O)[C@H]1C(=O)C2=C(C[C@@H]1C)NC(=O)C[C@@H]2c1cccc(OC)c1. The van der Waals surface area contributed by atoms with Crippen LogP contribution in [0.25, 0.3) is 0 Å². The van der Waals surface area contributed by atoms with Crippen molar-refractivity contribution >= 4 is 17.7 Å². The van der Waals surface area contributed by atoms with E-state index in [9.17, 15) is 14.4 Å². The molecule has 25 heavy (non-hydrogen) atoms. The molecule has 0 unspecified atom stereocenters. The van der Waals surface area contributed by atoms with Crippen LogP contribution >= 0.6 is 0 Å². The minimum atomic E-state index is -0.827. The second kappa shape index (κ2) is 6.70. The molecule has 0 radical (unpaired) electrons. The minimum Gasteiger partial charge on any atom is -0.497 e. The summed E-state index contributed by atoms with van der Waals surface area (Å²) in [5.74, 6) is -1.67. The molecule has 1 amide bonds. The van der Waals surface area contributed by atoms with Crippen LogP contribution in [0.3, 0.4) is 0 Å². The first-order chi connectivity index (χ1) is 12.0. The highest BCUT2D eigenvalue weighted by molar-refractivity contribution is 6.11. The summed E-state index contributed by atoms with van der Waals surface area (Å²) >= 11 is 0. The van der Waals surface area contributed by atoms with E-state index in [1.807, 2.05) is 31.2 Å². The Morgan fingerprint density at radius 1 is 1.20 bits per heavy atom. The topological polar surface area (TPSA) is 81.7 Å². The zero-order valence-electron chi connectivity index (χ0n) is 14.5. The van der Waals surface area contributed by atoms with E-state index in [0.717, 1.165) is 5.56 Å². The van der Waals surface area contributed by atoms with Crippen LogP contribution in [0.1, 0.15) is 31.2 Å². The summed E-state index contributed by atoms with van der Waals surface area (Å²) in [6, 6.07) is 7.33. The van der Waals surface area contributed by atoms with Crippen LogP contribution < -0.4 is 10.1 Å². The summed E-state index contributed by atoms with van der Waals surface area (Å²) in [7, 11) is 2.85. The standard InChI is InChI=1S/C19H21NO5/c1-10-7-14-17(18(22)16(10)19(23)25-3)13(9-15(21)20-14)11-5-4-6-12(8-11)24-2/h4-6,8,10,13,16H,7,9H2,1-3H3,(H,20,21)/t10-,13+,16+/m0/s1. The van der Waals surface area contributed by atoms with E-state index in [0.29, 0.717) is 23.4 Å². The van der Waals surface area contributed by atoms with Crippen molar-refractivity contribution in [3.8, 4) is 5.75 Å². The maximum absolute atomic E-state index is 13.1. The largest absolute Gasteiger partial charge is 0.497 e. The lowest BCUT2D eigenvalue weighted by Gasteiger charge is -2.36. The number of allylic oxidation sites excluding steroid dienone is 2. The second-order valence-corrected chi connectivity index (χ2v) is 6.52. The van der Waals surface area contributed by atoms with Crippen molar-refractivity contribution in [3.63, 3.8) is 0 Å². The van der Waals surface area contributed by atoms with Gasteiger partial charge in [0.2, 0.25) is 5.91 Å². The van der Waals surface area contributed by atoms with Crippen molar-refractivity contribution in [1.82, 2.24) is 5.32 Å². The summed E-state index contributed by atoms with van der Waals surface area (Å²) in [6.45, 7) is 1.82. The molecule has 6 nitrogen and oxygen atoms in total. The third-order valence-corrected chi connectivity index (χ3v) is 4.95. The van der Waals surface area contributed by atoms with E-state index < -0.39 is 11.9 Å². The summed E-state index contributed by atoms with van der Waals surface area (Å²) in [4.78, 5) is 37.3. The molecule has 0 fully saturated rings. The first-order valence-corrected chi connectivity index (χ1v) is 8.25. The smallest absolute Gasteiger partial charge is 0.316 e.